The zero-order valence-electron chi connectivity index (χ0n) is 10.6. The second-order valence-electron chi connectivity index (χ2n) is 5.00. The molecule has 2 atom stereocenters. The minimum atomic E-state index is 0. The lowest BCUT2D eigenvalue weighted by Crippen LogP contribution is -2.25. The number of rotatable bonds is 5. The molecule has 1 aromatic rings. The van der Waals surface area contributed by atoms with Crippen LogP contribution in [0.4, 0.5) is 0 Å². The zero-order chi connectivity index (χ0) is 11.3. The van der Waals surface area contributed by atoms with Crippen molar-refractivity contribution in [3.8, 4) is 0 Å². The molecular weight excluding hydrogens is 235 g/mol. The molecule has 1 rings (SSSR count). The third-order valence-corrected chi connectivity index (χ3v) is 3.49. The maximum atomic E-state index is 3.00. The summed E-state index contributed by atoms with van der Waals surface area (Å²) in [5, 5.41) is 0.339. The van der Waals surface area contributed by atoms with E-state index in [0.717, 1.165) is 5.92 Å². The lowest BCUT2D eigenvalue weighted by molar-refractivity contribution is 0.388. The Kier molecular flexibility index (Phi) is 7.27. The summed E-state index contributed by atoms with van der Waals surface area (Å²) in [6.45, 7) is 6.91. The highest BCUT2D eigenvalue weighted by molar-refractivity contribution is 7.18. The highest BCUT2D eigenvalue weighted by atomic mass is 35.5. The van der Waals surface area contributed by atoms with Gasteiger partial charge in [-0.2, -0.15) is 0 Å². The van der Waals surface area contributed by atoms with Crippen molar-refractivity contribution in [3.05, 3.63) is 35.9 Å². The Morgan fingerprint density at radius 2 is 1.75 bits per heavy atom. The predicted octanol–water partition coefficient (Wildman–Crippen LogP) is 4.72. The average Bonchev–Trinajstić information content (AvgIpc) is 2.17. The summed E-state index contributed by atoms with van der Waals surface area (Å²) in [6, 6.07) is 10.8. The van der Waals surface area contributed by atoms with Gasteiger partial charge >= 0.3 is 0 Å². The highest BCUT2D eigenvalue weighted by Crippen LogP contribution is 2.33. The maximum Gasteiger partial charge on any atom is -0.0175 e. The van der Waals surface area contributed by atoms with E-state index < -0.39 is 0 Å². The van der Waals surface area contributed by atoms with Crippen LogP contribution in [-0.4, -0.2) is 5.16 Å². The van der Waals surface area contributed by atoms with Crippen molar-refractivity contribution >= 4 is 21.6 Å². The zero-order valence-corrected chi connectivity index (χ0v) is 12.5. The largest absolute Gasteiger partial charge is 0.147 e. The fraction of sp³-hybridized carbons (Fsp3) is 0.571. The van der Waals surface area contributed by atoms with Gasteiger partial charge in [0, 0.05) is 0 Å². The van der Waals surface area contributed by atoms with E-state index in [0.29, 0.717) is 5.16 Å². The number of hydrogen-bond acceptors (Lipinski definition) is 0. The summed E-state index contributed by atoms with van der Waals surface area (Å²) in [5.41, 5.74) is 1.46. The molecule has 0 heterocycles. The molecule has 0 nitrogen and oxygen atoms in total. The SMILES string of the molecule is CCCC(Cc1ccccc1)C(C)(C)P.Cl. The Hall–Kier alpha value is -0.0600. The van der Waals surface area contributed by atoms with E-state index in [9.17, 15) is 0 Å². The highest BCUT2D eigenvalue weighted by Gasteiger charge is 2.23. The Labute approximate surface area is 109 Å². The van der Waals surface area contributed by atoms with Gasteiger partial charge in [0.15, 0.2) is 0 Å². The van der Waals surface area contributed by atoms with E-state index in [-0.39, 0.29) is 12.4 Å². The lowest BCUT2D eigenvalue weighted by Gasteiger charge is -2.30. The molecule has 2 heteroatoms. The van der Waals surface area contributed by atoms with Crippen molar-refractivity contribution in [2.75, 3.05) is 0 Å². The van der Waals surface area contributed by atoms with Crippen LogP contribution in [0.15, 0.2) is 30.3 Å². The molecule has 0 spiro atoms. The van der Waals surface area contributed by atoms with E-state index in [2.05, 4.69) is 60.3 Å². The smallest absolute Gasteiger partial charge is 0.0175 e. The minimum absolute atomic E-state index is 0. The van der Waals surface area contributed by atoms with E-state index in [1.54, 1.807) is 0 Å². The molecule has 0 radical (unpaired) electrons. The van der Waals surface area contributed by atoms with Crippen LogP contribution in [0.3, 0.4) is 0 Å². The van der Waals surface area contributed by atoms with Gasteiger partial charge in [-0.3, -0.25) is 0 Å². The third kappa shape index (κ3) is 5.32. The van der Waals surface area contributed by atoms with E-state index in [4.69, 9.17) is 0 Å². The van der Waals surface area contributed by atoms with Crippen LogP contribution in [0.2, 0.25) is 0 Å². The second-order valence-corrected chi connectivity index (χ2v) is 6.48. The summed E-state index contributed by atoms with van der Waals surface area (Å²) < 4.78 is 0. The van der Waals surface area contributed by atoms with Crippen LogP contribution in [-0.2, 0) is 6.42 Å². The van der Waals surface area contributed by atoms with Crippen LogP contribution in [0, 0.1) is 5.92 Å². The maximum absolute atomic E-state index is 3.00. The Bertz CT molecular complexity index is 277. The minimum Gasteiger partial charge on any atom is -0.147 e. The monoisotopic (exact) mass is 258 g/mol. The van der Waals surface area contributed by atoms with Gasteiger partial charge < -0.3 is 0 Å². The van der Waals surface area contributed by atoms with Gasteiger partial charge in [-0.05, 0) is 29.5 Å². The molecule has 2 unspecified atom stereocenters. The van der Waals surface area contributed by atoms with Gasteiger partial charge in [-0.1, -0.05) is 57.5 Å². The number of benzene rings is 1. The normalized spacial score (nSPS) is 13.0. The van der Waals surface area contributed by atoms with Crippen molar-refractivity contribution < 1.29 is 0 Å². The van der Waals surface area contributed by atoms with Crippen molar-refractivity contribution in [1.29, 1.82) is 0 Å². The summed E-state index contributed by atoms with van der Waals surface area (Å²) in [6.07, 6.45) is 3.78. The number of hydrogen-bond donors (Lipinski definition) is 0. The van der Waals surface area contributed by atoms with Crippen LogP contribution < -0.4 is 0 Å². The average molecular weight is 259 g/mol. The van der Waals surface area contributed by atoms with Crippen LogP contribution in [0.25, 0.3) is 0 Å². The molecule has 0 fully saturated rings. The molecule has 0 aromatic heterocycles. The Balaban J connectivity index is 0.00000225. The van der Waals surface area contributed by atoms with Crippen molar-refractivity contribution in [1.82, 2.24) is 0 Å². The first-order valence-electron chi connectivity index (χ1n) is 5.87. The Morgan fingerprint density at radius 3 is 2.19 bits per heavy atom. The molecule has 92 valence electrons. The number of halogens is 1. The lowest BCUT2D eigenvalue weighted by atomic mass is 9.85. The van der Waals surface area contributed by atoms with Gasteiger partial charge in [0.2, 0.25) is 0 Å². The predicted molar refractivity (Wildman–Crippen MR) is 79.6 cm³/mol. The van der Waals surface area contributed by atoms with Crippen molar-refractivity contribution in [2.24, 2.45) is 5.92 Å². The molecule has 0 N–H and O–H groups in total. The molecule has 0 saturated heterocycles. The standard InChI is InChI=1S/C14H23P.ClH/c1-4-8-13(14(2,3)15)11-12-9-6-5-7-10-12;/h5-7,9-10,13H,4,8,11,15H2,1-3H3;1H. The Morgan fingerprint density at radius 1 is 1.19 bits per heavy atom. The van der Waals surface area contributed by atoms with Gasteiger partial charge in [-0.25, -0.2) is 0 Å². The fourth-order valence-electron chi connectivity index (χ4n) is 1.98. The molecule has 0 aliphatic rings. The van der Waals surface area contributed by atoms with Crippen LogP contribution >= 0.6 is 21.6 Å². The first kappa shape index (κ1) is 15.9. The summed E-state index contributed by atoms with van der Waals surface area (Å²) in [5.74, 6) is 0.759. The third-order valence-electron chi connectivity index (χ3n) is 3.01. The summed E-state index contributed by atoms with van der Waals surface area (Å²) in [7, 11) is 3.00. The van der Waals surface area contributed by atoms with Crippen molar-refractivity contribution in [3.63, 3.8) is 0 Å². The summed E-state index contributed by atoms with van der Waals surface area (Å²) in [4.78, 5) is 0. The summed E-state index contributed by atoms with van der Waals surface area (Å²) >= 11 is 0. The molecular formula is C14H24ClP. The molecule has 0 saturated carbocycles. The van der Waals surface area contributed by atoms with Crippen LogP contribution in [0.5, 0.6) is 0 Å². The van der Waals surface area contributed by atoms with Gasteiger partial charge in [0.25, 0.3) is 0 Å². The van der Waals surface area contributed by atoms with E-state index in [1.807, 2.05) is 0 Å². The van der Waals surface area contributed by atoms with E-state index in [1.165, 1.54) is 24.8 Å². The molecule has 16 heavy (non-hydrogen) atoms. The first-order chi connectivity index (χ1) is 7.04. The topological polar surface area (TPSA) is 0 Å². The van der Waals surface area contributed by atoms with Gasteiger partial charge in [0.05, 0.1) is 0 Å². The molecule has 0 amide bonds. The molecule has 0 aliphatic carbocycles. The van der Waals surface area contributed by atoms with E-state index >= 15 is 0 Å². The fourth-order valence-corrected chi connectivity index (χ4v) is 2.27. The second kappa shape index (κ2) is 7.30. The molecule has 0 aliphatic heterocycles. The molecule has 1 aromatic carbocycles. The van der Waals surface area contributed by atoms with Crippen LogP contribution in [0.1, 0.15) is 39.2 Å². The quantitative estimate of drug-likeness (QED) is 0.671. The molecule has 0 bridgehead atoms. The first-order valence-corrected chi connectivity index (χ1v) is 6.44. The van der Waals surface area contributed by atoms with Crippen molar-refractivity contribution in [2.45, 2.75) is 45.2 Å². The van der Waals surface area contributed by atoms with Gasteiger partial charge in [-0.15, -0.1) is 21.6 Å². The van der Waals surface area contributed by atoms with Gasteiger partial charge in [0.1, 0.15) is 0 Å².